The highest BCUT2D eigenvalue weighted by molar-refractivity contribution is 5.39. The SMILES string of the molecule is CC(C)COCCOCCOc1cccc(C#CCN)c1. The van der Waals surface area contributed by atoms with Gasteiger partial charge in [-0.3, -0.25) is 0 Å². The van der Waals surface area contributed by atoms with Gasteiger partial charge in [-0.15, -0.1) is 0 Å². The van der Waals surface area contributed by atoms with E-state index in [4.69, 9.17) is 19.9 Å². The quantitative estimate of drug-likeness (QED) is 0.559. The van der Waals surface area contributed by atoms with Gasteiger partial charge in [0.25, 0.3) is 0 Å². The number of hydrogen-bond acceptors (Lipinski definition) is 4. The highest BCUT2D eigenvalue weighted by Crippen LogP contribution is 2.12. The van der Waals surface area contributed by atoms with E-state index in [0.29, 0.717) is 38.9 Å². The van der Waals surface area contributed by atoms with E-state index >= 15 is 0 Å². The molecule has 0 unspecified atom stereocenters. The molecule has 4 heteroatoms. The van der Waals surface area contributed by atoms with Crippen LogP contribution in [0.3, 0.4) is 0 Å². The summed E-state index contributed by atoms with van der Waals surface area (Å²) in [6, 6.07) is 7.64. The summed E-state index contributed by atoms with van der Waals surface area (Å²) in [5.41, 5.74) is 6.25. The van der Waals surface area contributed by atoms with Crippen LogP contribution in [-0.2, 0) is 9.47 Å². The lowest BCUT2D eigenvalue weighted by Gasteiger charge is -2.09. The van der Waals surface area contributed by atoms with Gasteiger partial charge in [0.1, 0.15) is 12.4 Å². The van der Waals surface area contributed by atoms with E-state index < -0.39 is 0 Å². The maximum Gasteiger partial charge on any atom is 0.120 e. The van der Waals surface area contributed by atoms with Gasteiger partial charge in [0, 0.05) is 12.2 Å². The van der Waals surface area contributed by atoms with Crippen molar-refractivity contribution in [1.82, 2.24) is 0 Å². The van der Waals surface area contributed by atoms with Crippen LogP contribution in [0.2, 0.25) is 0 Å². The van der Waals surface area contributed by atoms with Gasteiger partial charge < -0.3 is 19.9 Å². The molecule has 0 atom stereocenters. The lowest BCUT2D eigenvalue weighted by atomic mass is 10.2. The molecule has 0 bridgehead atoms. The Balaban J connectivity index is 2.12. The van der Waals surface area contributed by atoms with Gasteiger partial charge in [-0.2, -0.15) is 0 Å². The molecule has 116 valence electrons. The zero-order chi connectivity index (χ0) is 15.3. The van der Waals surface area contributed by atoms with Gasteiger partial charge in [-0.25, -0.2) is 0 Å². The van der Waals surface area contributed by atoms with Gasteiger partial charge in [0.05, 0.1) is 26.4 Å². The van der Waals surface area contributed by atoms with E-state index in [1.165, 1.54) is 0 Å². The highest BCUT2D eigenvalue weighted by atomic mass is 16.5. The third-order valence-electron chi connectivity index (χ3n) is 2.49. The molecule has 0 saturated heterocycles. The molecule has 0 saturated carbocycles. The second-order valence-corrected chi connectivity index (χ2v) is 4.96. The van der Waals surface area contributed by atoms with Crippen molar-refractivity contribution >= 4 is 0 Å². The Labute approximate surface area is 127 Å². The van der Waals surface area contributed by atoms with Crippen LogP contribution in [-0.4, -0.2) is 39.6 Å². The minimum atomic E-state index is 0.359. The van der Waals surface area contributed by atoms with Gasteiger partial charge in [0.15, 0.2) is 0 Å². The second kappa shape index (κ2) is 11.2. The molecule has 0 heterocycles. The number of hydrogen-bond donors (Lipinski definition) is 1. The van der Waals surface area contributed by atoms with Crippen molar-refractivity contribution in [1.29, 1.82) is 0 Å². The maximum atomic E-state index is 5.61. The van der Waals surface area contributed by atoms with Gasteiger partial charge in [-0.05, 0) is 24.1 Å². The Kier molecular flexibility index (Phi) is 9.30. The first kappa shape index (κ1) is 17.5. The molecule has 1 rings (SSSR count). The number of benzene rings is 1. The number of ether oxygens (including phenoxy) is 3. The van der Waals surface area contributed by atoms with Crippen LogP contribution in [0.4, 0.5) is 0 Å². The molecule has 0 fully saturated rings. The lowest BCUT2D eigenvalue weighted by molar-refractivity contribution is 0.0282. The standard InChI is InChI=1S/C17H25NO3/c1-15(2)14-20-10-9-19-11-12-21-17-7-3-5-16(13-17)6-4-8-18/h3,5,7,13,15H,8-12,14,18H2,1-2H3. The first-order valence-corrected chi connectivity index (χ1v) is 7.29. The van der Waals surface area contributed by atoms with Gasteiger partial charge in [0.2, 0.25) is 0 Å². The number of rotatable bonds is 9. The topological polar surface area (TPSA) is 53.7 Å². The summed E-state index contributed by atoms with van der Waals surface area (Å²) in [6.45, 7) is 7.66. The van der Waals surface area contributed by atoms with Gasteiger partial charge in [-0.1, -0.05) is 31.8 Å². The van der Waals surface area contributed by atoms with Crippen molar-refractivity contribution in [2.45, 2.75) is 13.8 Å². The van der Waals surface area contributed by atoms with E-state index in [9.17, 15) is 0 Å². The average Bonchev–Trinajstić information content (AvgIpc) is 2.48. The normalized spacial score (nSPS) is 10.3. The monoisotopic (exact) mass is 291 g/mol. The Morgan fingerprint density at radius 3 is 2.62 bits per heavy atom. The third-order valence-corrected chi connectivity index (χ3v) is 2.49. The molecular weight excluding hydrogens is 266 g/mol. The summed E-state index contributed by atoms with van der Waals surface area (Å²) in [4.78, 5) is 0. The van der Waals surface area contributed by atoms with Crippen LogP contribution in [0.5, 0.6) is 5.75 Å². The van der Waals surface area contributed by atoms with Crippen molar-refractivity contribution in [2.75, 3.05) is 39.6 Å². The first-order valence-electron chi connectivity index (χ1n) is 7.29. The smallest absolute Gasteiger partial charge is 0.120 e. The summed E-state index contributed by atoms with van der Waals surface area (Å²) in [7, 11) is 0. The molecule has 21 heavy (non-hydrogen) atoms. The van der Waals surface area contributed by atoms with Crippen LogP contribution >= 0.6 is 0 Å². The molecule has 0 aliphatic carbocycles. The average molecular weight is 291 g/mol. The molecule has 0 amide bonds. The molecule has 0 aliphatic heterocycles. The summed E-state index contributed by atoms with van der Waals surface area (Å²) in [6.07, 6.45) is 0. The summed E-state index contributed by atoms with van der Waals surface area (Å²) < 4.78 is 16.5. The molecule has 0 spiro atoms. The van der Waals surface area contributed by atoms with Crippen LogP contribution in [0.15, 0.2) is 24.3 Å². The van der Waals surface area contributed by atoms with Gasteiger partial charge >= 0.3 is 0 Å². The van der Waals surface area contributed by atoms with Crippen molar-refractivity contribution < 1.29 is 14.2 Å². The van der Waals surface area contributed by atoms with Crippen molar-refractivity contribution in [2.24, 2.45) is 11.7 Å². The van der Waals surface area contributed by atoms with Crippen molar-refractivity contribution in [3.05, 3.63) is 29.8 Å². The predicted molar refractivity (Wildman–Crippen MR) is 84.3 cm³/mol. The van der Waals surface area contributed by atoms with E-state index in [1.807, 2.05) is 24.3 Å². The molecule has 2 N–H and O–H groups in total. The fourth-order valence-electron chi connectivity index (χ4n) is 1.57. The largest absolute Gasteiger partial charge is 0.491 e. The van der Waals surface area contributed by atoms with Crippen LogP contribution in [0.1, 0.15) is 19.4 Å². The minimum absolute atomic E-state index is 0.359. The summed E-state index contributed by atoms with van der Waals surface area (Å²) >= 11 is 0. The molecule has 1 aromatic rings. The Morgan fingerprint density at radius 2 is 1.86 bits per heavy atom. The molecule has 0 radical (unpaired) electrons. The van der Waals surface area contributed by atoms with E-state index in [2.05, 4.69) is 25.7 Å². The van der Waals surface area contributed by atoms with Crippen LogP contribution < -0.4 is 10.5 Å². The Bertz CT molecular complexity index is 449. The van der Waals surface area contributed by atoms with Crippen molar-refractivity contribution in [3.63, 3.8) is 0 Å². The molecule has 1 aromatic carbocycles. The summed E-state index contributed by atoms with van der Waals surface area (Å²) in [5.74, 6) is 7.14. The zero-order valence-electron chi connectivity index (χ0n) is 12.9. The molecule has 0 aliphatic rings. The lowest BCUT2D eigenvalue weighted by Crippen LogP contribution is -2.12. The Morgan fingerprint density at radius 1 is 1.10 bits per heavy atom. The molecular formula is C17H25NO3. The minimum Gasteiger partial charge on any atom is -0.491 e. The highest BCUT2D eigenvalue weighted by Gasteiger charge is 1.96. The molecule has 0 aromatic heterocycles. The molecule has 4 nitrogen and oxygen atoms in total. The van der Waals surface area contributed by atoms with Crippen LogP contribution in [0, 0.1) is 17.8 Å². The van der Waals surface area contributed by atoms with E-state index in [-0.39, 0.29) is 0 Å². The first-order chi connectivity index (χ1) is 10.2. The fraction of sp³-hybridized carbons (Fsp3) is 0.529. The van der Waals surface area contributed by atoms with Crippen LogP contribution in [0.25, 0.3) is 0 Å². The van der Waals surface area contributed by atoms with E-state index in [0.717, 1.165) is 17.9 Å². The van der Waals surface area contributed by atoms with E-state index in [1.54, 1.807) is 0 Å². The second-order valence-electron chi connectivity index (χ2n) is 4.96. The Hall–Kier alpha value is -1.54. The summed E-state index contributed by atoms with van der Waals surface area (Å²) in [5, 5.41) is 0. The predicted octanol–water partition coefficient (Wildman–Crippen LogP) is 2.06. The zero-order valence-corrected chi connectivity index (χ0v) is 12.9. The third kappa shape index (κ3) is 9.09. The number of nitrogens with two attached hydrogens (primary N) is 1. The van der Waals surface area contributed by atoms with Crippen molar-refractivity contribution in [3.8, 4) is 17.6 Å². The maximum absolute atomic E-state index is 5.61. The fourth-order valence-corrected chi connectivity index (χ4v) is 1.57.